The van der Waals surface area contributed by atoms with Crippen LogP contribution in [0.5, 0.6) is 11.6 Å². The Morgan fingerprint density at radius 1 is 1.10 bits per heavy atom. The summed E-state index contributed by atoms with van der Waals surface area (Å²) in [6, 6.07) is 16.0. The van der Waals surface area contributed by atoms with Crippen LogP contribution in [-0.2, 0) is 4.74 Å². The molecule has 6 heteroatoms. The molecule has 146 valence electrons. The van der Waals surface area contributed by atoms with Crippen LogP contribution >= 0.6 is 0 Å². The predicted octanol–water partition coefficient (Wildman–Crippen LogP) is 3.76. The summed E-state index contributed by atoms with van der Waals surface area (Å²) in [5.41, 5.74) is 2.08. The van der Waals surface area contributed by atoms with Gasteiger partial charge in [-0.2, -0.15) is 0 Å². The van der Waals surface area contributed by atoms with E-state index in [0.29, 0.717) is 29.5 Å². The molecule has 3 aromatic rings. The molecule has 0 aliphatic carbocycles. The maximum Gasteiger partial charge on any atom is 0.251 e. The third-order valence-corrected chi connectivity index (χ3v) is 4.03. The van der Waals surface area contributed by atoms with Crippen molar-refractivity contribution in [1.82, 2.24) is 15.3 Å². The van der Waals surface area contributed by atoms with Gasteiger partial charge in [0.2, 0.25) is 5.88 Å². The normalized spacial score (nSPS) is 11.1. The highest BCUT2D eigenvalue weighted by Gasteiger charge is 2.12. The van der Waals surface area contributed by atoms with E-state index in [9.17, 15) is 4.79 Å². The number of carbonyl (C=O) groups is 1. The number of hydrogen-bond donors (Lipinski definition) is 1. The molecule has 6 nitrogen and oxygen atoms in total. The number of methoxy groups -OCH3 is 1. The van der Waals surface area contributed by atoms with Gasteiger partial charge < -0.3 is 14.8 Å². The van der Waals surface area contributed by atoms with Gasteiger partial charge in [-0.3, -0.25) is 4.79 Å². The number of nitrogens with zero attached hydrogens (tertiary/aromatic N) is 2. The van der Waals surface area contributed by atoms with Crippen molar-refractivity contribution in [3.8, 4) is 23.5 Å². The van der Waals surface area contributed by atoms with Crippen molar-refractivity contribution < 1.29 is 14.3 Å². The van der Waals surface area contributed by atoms with Crippen LogP contribution in [0.25, 0.3) is 0 Å². The highest BCUT2D eigenvalue weighted by Crippen LogP contribution is 2.22. The maximum absolute atomic E-state index is 12.4. The molecule has 2 heterocycles. The Balaban J connectivity index is 1.69. The topological polar surface area (TPSA) is 73.3 Å². The Morgan fingerprint density at radius 3 is 2.69 bits per heavy atom. The van der Waals surface area contributed by atoms with Crippen molar-refractivity contribution in [2.75, 3.05) is 13.7 Å². The van der Waals surface area contributed by atoms with Crippen LogP contribution in [0.1, 0.15) is 34.6 Å². The van der Waals surface area contributed by atoms with E-state index in [1.807, 2.05) is 31.2 Å². The lowest BCUT2D eigenvalue weighted by molar-refractivity contribution is 0.0940. The van der Waals surface area contributed by atoms with Gasteiger partial charge in [-0.1, -0.05) is 24.1 Å². The monoisotopic (exact) mass is 387 g/mol. The molecule has 0 bridgehead atoms. The van der Waals surface area contributed by atoms with Crippen LogP contribution in [0.2, 0.25) is 0 Å². The van der Waals surface area contributed by atoms with E-state index >= 15 is 0 Å². The van der Waals surface area contributed by atoms with Crippen LogP contribution in [0.15, 0.2) is 67.0 Å². The molecule has 0 aliphatic heterocycles. The molecule has 0 saturated carbocycles. The summed E-state index contributed by atoms with van der Waals surface area (Å²) in [6.45, 7) is 2.25. The van der Waals surface area contributed by atoms with Crippen molar-refractivity contribution in [2.45, 2.75) is 13.0 Å². The minimum atomic E-state index is -0.207. The molecule has 1 N–H and O–H groups in total. The van der Waals surface area contributed by atoms with Gasteiger partial charge in [0, 0.05) is 37.2 Å². The largest absolute Gasteiger partial charge is 0.439 e. The number of benzene rings is 1. The summed E-state index contributed by atoms with van der Waals surface area (Å²) in [7, 11) is 1.59. The molecule has 1 atom stereocenters. The van der Waals surface area contributed by atoms with Crippen molar-refractivity contribution >= 4 is 5.91 Å². The summed E-state index contributed by atoms with van der Waals surface area (Å²) < 4.78 is 10.8. The second kappa shape index (κ2) is 10.0. The molecule has 29 heavy (non-hydrogen) atoms. The number of hydrogen-bond acceptors (Lipinski definition) is 5. The van der Waals surface area contributed by atoms with Gasteiger partial charge in [0.25, 0.3) is 5.91 Å². The number of rotatable bonds is 6. The quantitative estimate of drug-likeness (QED) is 0.652. The SMILES string of the molecule is COCC#Cc1cc(Oc2cc(C(C)NC(=O)c3ccccc3)ccn2)ccn1. The third kappa shape index (κ3) is 5.89. The summed E-state index contributed by atoms with van der Waals surface area (Å²) >= 11 is 0. The van der Waals surface area contributed by atoms with E-state index in [1.165, 1.54) is 0 Å². The number of carbonyl (C=O) groups excluding carboxylic acids is 1. The van der Waals surface area contributed by atoms with Crippen molar-refractivity contribution in [1.29, 1.82) is 0 Å². The summed E-state index contributed by atoms with van der Waals surface area (Å²) in [5.74, 6) is 6.62. The van der Waals surface area contributed by atoms with Crippen molar-refractivity contribution in [2.24, 2.45) is 0 Å². The first-order valence-electron chi connectivity index (χ1n) is 9.09. The number of amides is 1. The molecule has 1 aromatic carbocycles. The van der Waals surface area contributed by atoms with E-state index < -0.39 is 0 Å². The van der Waals surface area contributed by atoms with Gasteiger partial charge in [0.1, 0.15) is 18.1 Å². The highest BCUT2D eigenvalue weighted by atomic mass is 16.5. The Hall–Kier alpha value is -3.69. The first-order chi connectivity index (χ1) is 14.2. The van der Waals surface area contributed by atoms with E-state index in [2.05, 4.69) is 27.1 Å². The molecule has 1 unspecified atom stereocenters. The molecule has 3 rings (SSSR count). The fourth-order valence-corrected chi connectivity index (χ4v) is 2.57. The third-order valence-electron chi connectivity index (χ3n) is 4.03. The second-order valence-electron chi connectivity index (χ2n) is 6.20. The summed E-state index contributed by atoms with van der Waals surface area (Å²) in [6.07, 6.45) is 3.27. The fourth-order valence-electron chi connectivity index (χ4n) is 2.57. The zero-order valence-corrected chi connectivity index (χ0v) is 16.3. The average Bonchev–Trinajstić information content (AvgIpc) is 2.75. The lowest BCUT2D eigenvalue weighted by Gasteiger charge is -2.15. The molecule has 0 fully saturated rings. The van der Waals surface area contributed by atoms with Crippen LogP contribution < -0.4 is 10.1 Å². The highest BCUT2D eigenvalue weighted by molar-refractivity contribution is 5.94. The van der Waals surface area contributed by atoms with E-state index in [-0.39, 0.29) is 11.9 Å². The molecule has 2 aromatic heterocycles. The van der Waals surface area contributed by atoms with Crippen molar-refractivity contribution in [3.05, 3.63) is 83.8 Å². The molecule has 0 radical (unpaired) electrons. The van der Waals surface area contributed by atoms with E-state index in [4.69, 9.17) is 9.47 Å². The zero-order chi connectivity index (χ0) is 20.5. The Labute approximate surface area is 169 Å². The maximum atomic E-state index is 12.4. The minimum Gasteiger partial charge on any atom is -0.439 e. The Kier molecular flexibility index (Phi) is 6.93. The standard InChI is InChI=1S/C23H21N3O3/c1-17(26-23(27)18-7-4-3-5-8-18)19-10-12-25-22(15-19)29-21-11-13-24-20(16-21)9-6-14-28-2/h3-5,7-8,10-13,15-17H,14H2,1-2H3,(H,26,27). The molecule has 0 saturated heterocycles. The zero-order valence-electron chi connectivity index (χ0n) is 16.3. The van der Waals surface area contributed by atoms with Gasteiger partial charge in [-0.05, 0) is 42.7 Å². The number of nitrogens with one attached hydrogen (secondary N) is 1. The minimum absolute atomic E-state index is 0.134. The number of aromatic nitrogens is 2. The smallest absolute Gasteiger partial charge is 0.251 e. The summed E-state index contributed by atoms with van der Waals surface area (Å²) in [4.78, 5) is 20.8. The van der Waals surface area contributed by atoms with Gasteiger partial charge in [-0.25, -0.2) is 9.97 Å². The molecule has 0 aliphatic rings. The van der Waals surface area contributed by atoms with E-state index in [0.717, 1.165) is 5.56 Å². The first-order valence-corrected chi connectivity index (χ1v) is 9.09. The number of pyridine rings is 2. The second-order valence-corrected chi connectivity index (χ2v) is 6.20. The van der Waals surface area contributed by atoms with Gasteiger partial charge >= 0.3 is 0 Å². The van der Waals surface area contributed by atoms with Gasteiger partial charge in [0.05, 0.1) is 6.04 Å². The molecular weight excluding hydrogens is 366 g/mol. The van der Waals surface area contributed by atoms with Gasteiger partial charge in [0.15, 0.2) is 0 Å². The average molecular weight is 387 g/mol. The lowest BCUT2D eigenvalue weighted by Crippen LogP contribution is -2.26. The Bertz CT molecular complexity index is 1030. The number of ether oxygens (including phenoxy) is 2. The van der Waals surface area contributed by atoms with Crippen LogP contribution in [-0.4, -0.2) is 29.6 Å². The first kappa shape index (κ1) is 20.1. The molecule has 0 spiro atoms. The van der Waals surface area contributed by atoms with Crippen molar-refractivity contribution in [3.63, 3.8) is 0 Å². The van der Waals surface area contributed by atoms with Gasteiger partial charge in [-0.15, -0.1) is 0 Å². The Morgan fingerprint density at radius 2 is 1.90 bits per heavy atom. The lowest BCUT2D eigenvalue weighted by atomic mass is 10.1. The van der Waals surface area contributed by atoms with Crippen LogP contribution in [0.3, 0.4) is 0 Å². The molecule has 1 amide bonds. The predicted molar refractivity (Wildman–Crippen MR) is 110 cm³/mol. The summed E-state index contributed by atoms with van der Waals surface area (Å²) in [5, 5.41) is 2.98. The van der Waals surface area contributed by atoms with Crippen LogP contribution in [0, 0.1) is 11.8 Å². The van der Waals surface area contributed by atoms with E-state index in [1.54, 1.807) is 49.8 Å². The fraction of sp³-hybridized carbons (Fsp3) is 0.174. The van der Waals surface area contributed by atoms with Crippen LogP contribution in [0.4, 0.5) is 0 Å². The molecular formula is C23H21N3O3.